The van der Waals surface area contributed by atoms with Gasteiger partial charge in [0.25, 0.3) is 5.69 Å². The third kappa shape index (κ3) is 7.96. The number of hydrazine groups is 1. The summed E-state index contributed by atoms with van der Waals surface area (Å²) in [6.07, 6.45) is 2.96. The minimum atomic E-state index is -0.462. The summed E-state index contributed by atoms with van der Waals surface area (Å²) in [6, 6.07) is 6.09. The van der Waals surface area contributed by atoms with Gasteiger partial charge in [0.1, 0.15) is 0 Å². The molecule has 0 atom stereocenters. The van der Waals surface area contributed by atoms with Gasteiger partial charge in [0, 0.05) is 25.1 Å². The van der Waals surface area contributed by atoms with E-state index in [-0.39, 0.29) is 11.7 Å². The Morgan fingerprint density at radius 2 is 2.13 bits per heavy atom. The summed E-state index contributed by atoms with van der Waals surface area (Å²) in [5.74, 6) is -0.198. The van der Waals surface area contributed by atoms with Crippen molar-refractivity contribution >= 4 is 34.7 Å². The van der Waals surface area contributed by atoms with Crippen molar-refractivity contribution in [3.63, 3.8) is 0 Å². The molecule has 0 heterocycles. The Hall–Kier alpha value is -2.42. The van der Waals surface area contributed by atoms with Crippen LogP contribution in [0.2, 0.25) is 0 Å². The SMILES string of the molecule is COC(=O)CCCCCNC(=S)NNc1cccc([N+](=O)[O-])c1. The number of hydrogen-bond donors (Lipinski definition) is 3. The fraction of sp³-hybridized carbons (Fsp3) is 0.429. The number of esters is 1. The topological polar surface area (TPSA) is 106 Å². The largest absolute Gasteiger partial charge is 0.469 e. The Balaban J connectivity index is 2.16. The van der Waals surface area contributed by atoms with Crippen LogP contribution in [0.15, 0.2) is 24.3 Å². The zero-order valence-corrected chi connectivity index (χ0v) is 13.6. The molecule has 1 rings (SSSR count). The maximum absolute atomic E-state index is 10.9. The molecule has 0 saturated heterocycles. The number of ether oxygens (including phenoxy) is 1. The number of nitro benzene ring substituents is 1. The number of hydrogen-bond acceptors (Lipinski definition) is 6. The van der Waals surface area contributed by atoms with Gasteiger partial charge in [0.2, 0.25) is 0 Å². The van der Waals surface area contributed by atoms with E-state index >= 15 is 0 Å². The zero-order chi connectivity index (χ0) is 17.1. The van der Waals surface area contributed by atoms with E-state index in [9.17, 15) is 14.9 Å². The minimum Gasteiger partial charge on any atom is -0.469 e. The summed E-state index contributed by atoms with van der Waals surface area (Å²) in [7, 11) is 1.38. The first-order valence-corrected chi connectivity index (χ1v) is 7.55. The molecule has 0 aliphatic rings. The zero-order valence-electron chi connectivity index (χ0n) is 12.8. The lowest BCUT2D eigenvalue weighted by atomic mass is 10.2. The molecule has 23 heavy (non-hydrogen) atoms. The van der Waals surface area contributed by atoms with Crippen molar-refractivity contribution in [2.45, 2.75) is 25.7 Å². The lowest BCUT2D eigenvalue weighted by Crippen LogP contribution is -2.39. The predicted octanol–water partition coefficient (Wildman–Crippen LogP) is 2.12. The highest BCUT2D eigenvalue weighted by atomic mass is 32.1. The average Bonchev–Trinajstić information content (AvgIpc) is 2.56. The van der Waals surface area contributed by atoms with E-state index in [1.165, 1.54) is 19.2 Å². The van der Waals surface area contributed by atoms with Gasteiger partial charge in [-0.25, -0.2) is 0 Å². The van der Waals surface area contributed by atoms with Crippen molar-refractivity contribution < 1.29 is 14.5 Å². The highest BCUT2D eigenvalue weighted by Crippen LogP contribution is 2.15. The van der Waals surface area contributed by atoms with Crippen LogP contribution in [0.1, 0.15) is 25.7 Å². The molecule has 0 radical (unpaired) electrons. The quantitative estimate of drug-likeness (QED) is 0.206. The van der Waals surface area contributed by atoms with E-state index in [4.69, 9.17) is 12.2 Å². The first-order chi connectivity index (χ1) is 11.0. The van der Waals surface area contributed by atoms with Crippen LogP contribution in [-0.2, 0) is 9.53 Å². The predicted molar refractivity (Wildman–Crippen MR) is 90.9 cm³/mol. The molecule has 1 aromatic carbocycles. The maximum Gasteiger partial charge on any atom is 0.305 e. The number of non-ortho nitro benzene ring substituents is 1. The normalized spacial score (nSPS) is 9.78. The number of carbonyl (C=O) groups excluding carboxylic acids is 1. The van der Waals surface area contributed by atoms with Gasteiger partial charge < -0.3 is 10.1 Å². The van der Waals surface area contributed by atoms with E-state index in [0.717, 1.165) is 19.3 Å². The van der Waals surface area contributed by atoms with E-state index in [1.807, 2.05) is 0 Å². The number of carbonyl (C=O) groups is 1. The lowest BCUT2D eigenvalue weighted by molar-refractivity contribution is -0.384. The number of rotatable bonds is 9. The van der Waals surface area contributed by atoms with Crippen LogP contribution >= 0.6 is 12.2 Å². The third-order valence-corrected chi connectivity index (χ3v) is 3.19. The highest BCUT2D eigenvalue weighted by Gasteiger charge is 2.05. The van der Waals surface area contributed by atoms with Gasteiger partial charge in [-0.3, -0.25) is 25.8 Å². The van der Waals surface area contributed by atoms with Crippen LogP contribution in [0.3, 0.4) is 0 Å². The molecule has 0 saturated carbocycles. The highest BCUT2D eigenvalue weighted by molar-refractivity contribution is 7.80. The summed E-state index contributed by atoms with van der Waals surface area (Å²) >= 11 is 5.08. The van der Waals surface area contributed by atoms with Crippen LogP contribution in [-0.4, -0.2) is 29.7 Å². The summed E-state index contributed by atoms with van der Waals surface area (Å²) < 4.78 is 4.56. The Morgan fingerprint density at radius 3 is 2.83 bits per heavy atom. The second-order valence-electron chi connectivity index (χ2n) is 4.70. The van der Waals surface area contributed by atoms with Crippen LogP contribution < -0.4 is 16.2 Å². The van der Waals surface area contributed by atoms with Crippen LogP contribution in [0, 0.1) is 10.1 Å². The molecule has 0 aliphatic carbocycles. The van der Waals surface area contributed by atoms with Gasteiger partial charge in [-0.05, 0) is 31.1 Å². The summed E-state index contributed by atoms with van der Waals surface area (Å²) in [6.45, 7) is 0.670. The van der Waals surface area contributed by atoms with Gasteiger partial charge in [0.05, 0.1) is 17.7 Å². The van der Waals surface area contributed by atoms with Crippen LogP contribution in [0.5, 0.6) is 0 Å². The fourth-order valence-electron chi connectivity index (χ4n) is 1.75. The van der Waals surface area contributed by atoms with Crippen LogP contribution in [0.4, 0.5) is 11.4 Å². The first-order valence-electron chi connectivity index (χ1n) is 7.14. The van der Waals surface area contributed by atoms with Crippen LogP contribution in [0.25, 0.3) is 0 Å². The molecule has 0 unspecified atom stereocenters. The molecule has 0 aliphatic heterocycles. The summed E-state index contributed by atoms with van der Waals surface area (Å²) in [5.41, 5.74) is 6.10. The molecule has 0 amide bonds. The number of anilines is 1. The van der Waals surface area contributed by atoms with E-state index in [0.29, 0.717) is 23.8 Å². The monoisotopic (exact) mass is 340 g/mol. The minimum absolute atomic E-state index is 0.00119. The van der Waals surface area contributed by atoms with E-state index in [2.05, 4.69) is 20.9 Å². The molecule has 8 nitrogen and oxygen atoms in total. The van der Waals surface area contributed by atoms with Crippen molar-refractivity contribution in [3.8, 4) is 0 Å². The van der Waals surface area contributed by atoms with Crippen molar-refractivity contribution in [2.75, 3.05) is 19.1 Å². The summed E-state index contributed by atoms with van der Waals surface area (Å²) in [4.78, 5) is 21.1. The molecule has 126 valence electrons. The third-order valence-electron chi connectivity index (χ3n) is 2.95. The molecule has 0 aromatic heterocycles. The van der Waals surface area contributed by atoms with Crippen molar-refractivity contribution in [1.29, 1.82) is 0 Å². The van der Waals surface area contributed by atoms with Gasteiger partial charge >= 0.3 is 5.97 Å². The number of nitrogens with one attached hydrogen (secondary N) is 3. The lowest BCUT2D eigenvalue weighted by Gasteiger charge is -2.12. The molecule has 9 heteroatoms. The Labute approximate surface area is 139 Å². The fourth-order valence-corrected chi connectivity index (χ4v) is 1.90. The van der Waals surface area contributed by atoms with Gasteiger partial charge in [-0.1, -0.05) is 12.5 Å². The smallest absolute Gasteiger partial charge is 0.305 e. The molecule has 0 fully saturated rings. The number of thiocarbonyl (C=S) groups is 1. The van der Waals surface area contributed by atoms with E-state index < -0.39 is 4.92 Å². The maximum atomic E-state index is 10.9. The van der Waals surface area contributed by atoms with Crippen molar-refractivity contribution in [3.05, 3.63) is 34.4 Å². The number of benzene rings is 1. The molecule has 0 spiro atoms. The van der Waals surface area contributed by atoms with Crippen molar-refractivity contribution in [1.82, 2.24) is 10.7 Å². The Bertz CT molecular complexity index is 553. The first kappa shape index (κ1) is 18.6. The molecular formula is C14H20N4O4S. The Kier molecular flexibility index (Phi) is 8.37. The standard InChI is InChI=1S/C14H20N4O4S/c1-22-13(19)8-3-2-4-9-15-14(23)17-16-11-6-5-7-12(10-11)18(20)21/h5-7,10,16H,2-4,8-9H2,1H3,(H2,15,17,23). The van der Waals surface area contributed by atoms with Crippen molar-refractivity contribution in [2.24, 2.45) is 0 Å². The Morgan fingerprint density at radius 1 is 1.35 bits per heavy atom. The second-order valence-corrected chi connectivity index (χ2v) is 5.11. The average molecular weight is 340 g/mol. The molecular weight excluding hydrogens is 320 g/mol. The summed E-state index contributed by atoms with van der Waals surface area (Å²) in [5, 5.41) is 14.1. The van der Waals surface area contributed by atoms with Gasteiger partial charge in [-0.15, -0.1) is 0 Å². The number of unbranched alkanes of at least 4 members (excludes halogenated alkanes) is 2. The van der Waals surface area contributed by atoms with E-state index in [1.54, 1.807) is 12.1 Å². The number of methoxy groups -OCH3 is 1. The number of nitrogens with zero attached hydrogens (tertiary/aromatic N) is 1. The van der Waals surface area contributed by atoms with Gasteiger partial charge in [-0.2, -0.15) is 0 Å². The second kappa shape index (κ2) is 10.3. The van der Waals surface area contributed by atoms with Gasteiger partial charge in [0.15, 0.2) is 5.11 Å². The molecule has 1 aromatic rings. The molecule has 0 bridgehead atoms. The molecule has 3 N–H and O–H groups in total. The number of nitro groups is 1.